The molecule has 72 valence electrons. The minimum Gasteiger partial charge on any atom is -0.467 e. The number of carbonyl (C=O) groups excluding carboxylic acids is 2. The lowest BCUT2D eigenvalue weighted by atomic mass is 9.96. The summed E-state index contributed by atoms with van der Waals surface area (Å²) < 4.78 is 4.62. The highest BCUT2D eigenvalue weighted by Crippen LogP contribution is 2.24. The van der Waals surface area contributed by atoms with Crippen LogP contribution in [-0.4, -0.2) is 24.4 Å². The first kappa shape index (κ1) is 9.77. The van der Waals surface area contributed by atoms with Gasteiger partial charge in [0.2, 0.25) is 0 Å². The third-order valence-electron chi connectivity index (χ3n) is 2.20. The van der Waals surface area contributed by atoms with E-state index in [1.54, 1.807) is 13.1 Å². The summed E-state index contributed by atoms with van der Waals surface area (Å²) in [4.78, 5) is 22.3. The van der Waals surface area contributed by atoms with Crippen LogP contribution >= 0.6 is 0 Å². The second-order valence-corrected chi connectivity index (χ2v) is 3.37. The molecule has 0 radical (unpaired) electrons. The summed E-state index contributed by atoms with van der Waals surface area (Å²) in [6, 6.07) is 0. The Bertz CT molecular complexity index is 283. The number of ether oxygens (including phenoxy) is 1. The highest BCUT2D eigenvalue weighted by molar-refractivity contribution is 5.96. The fraction of sp³-hybridized carbons (Fsp3) is 0.556. The SMILES string of the molecule is COC(=O)C1(C)CC(C(C)=O)=CN1. The zero-order valence-corrected chi connectivity index (χ0v) is 8.01. The predicted molar refractivity (Wildman–Crippen MR) is 46.9 cm³/mol. The zero-order valence-electron chi connectivity index (χ0n) is 8.01. The molecule has 1 unspecified atom stereocenters. The highest BCUT2D eigenvalue weighted by atomic mass is 16.5. The standard InChI is InChI=1S/C9H13NO3/c1-6(11)7-4-9(2,10-5-7)8(12)13-3/h5,10H,4H2,1-3H3. The Kier molecular flexibility index (Phi) is 2.40. The van der Waals surface area contributed by atoms with E-state index in [9.17, 15) is 9.59 Å². The van der Waals surface area contributed by atoms with Crippen molar-refractivity contribution < 1.29 is 14.3 Å². The van der Waals surface area contributed by atoms with Crippen molar-refractivity contribution in [3.63, 3.8) is 0 Å². The molecule has 0 aromatic rings. The van der Waals surface area contributed by atoms with Crippen LogP contribution < -0.4 is 5.32 Å². The van der Waals surface area contributed by atoms with E-state index in [1.807, 2.05) is 0 Å². The Morgan fingerprint density at radius 1 is 1.62 bits per heavy atom. The Labute approximate surface area is 76.9 Å². The topological polar surface area (TPSA) is 55.4 Å². The largest absolute Gasteiger partial charge is 0.467 e. The molecule has 0 aliphatic carbocycles. The molecule has 0 fully saturated rings. The first-order valence-corrected chi connectivity index (χ1v) is 4.06. The molecule has 1 rings (SSSR count). The van der Waals surface area contributed by atoms with Crippen molar-refractivity contribution in [1.82, 2.24) is 5.32 Å². The molecule has 0 amide bonds. The van der Waals surface area contributed by atoms with Crippen LogP contribution in [0, 0.1) is 0 Å². The lowest BCUT2D eigenvalue weighted by molar-refractivity contribution is -0.147. The van der Waals surface area contributed by atoms with Crippen LogP contribution in [0.1, 0.15) is 20.3 Å². The molecule has 0 saturated carbocycles. The second kappa shape index (κ2) is 3.20. The van der Waals surface area contributed by atoms with Gasteiger partial charge >= 0.3 is 5.97 Å². The molecular weight excluding hydrogens is 170 g/mol. The molecule has 4 nitrogen and oxygen atoms in total. The number of methoxy groups -OCH3 is 1. The van der Waals surface area contributed by atoms with Gasteiger partial charge in [0.25, 0.3) is 0 Å². The Balaban J connectivity index is 2.72. The summed E-state index contributed by atoms with van der Waals surface area (Å²) in [5.74, 6) is -0.361. The number of hydrogen-bond donors (Lipinski definition) is 1. The smallest absolute Gasteiger partial charge is 0.331 e. The predicted octanol–water partition coefficient (Wildman–Crippen LogP) is 0.384. The van der Waals surface area contributed by atoms with Gasteiger partial charge in [0.05, 0.1) is 7.11 Å². The van der Waals surface area contributed by atoms with E-state index in [-0.39, 0.29) is 11.8 Å². The van der Waals surface area contributed by atoms with Gasteiger partial charge in [-0.05, 0) is 13.8 Å². The fourth-order valence-corrected chi connectivity index (χ4v) is 1.31. The number of ketones is 1. The molecule has 4 heteroatoms. The molecule has 1 aliphatic heterocycles. The number of Topliss-reactive ketones (excluding diaryl/α,β-unsaturated/α-hetero) is 1. The molecule has 1 N–H and O–H groups in total. The van der Waals surface area contributed by atoms with E-state index in [1.165, 1.54) is 14.0 Å². The molecule has 13 heavy (non-hydrogen) atoms. The summed E-state index contributed by atoms with van der Waals surface area (Å²) in [6.45, 7) is 3.20. The Morgan fingerprint density at radius 2 is 2.23 bits per heavy atom. The molecule has 1 aliphatic rings. The number of rotatable bonds is 2. The molecular formula is C9H13NO3. The van der Waals surface area contributed by atoms with Gasteiger partial charge in [-0.3, -0.25) is 4.79 Å². The van der Waals surface area contributed by atoms with E-state index in [0.29, 0.717) is 12.0 Å². The van der Waals surface area contributed by atoms with Crippen molar-refractivity contribution in [3.05, 3.63) is 11.8 Å². The fourth-order valence-electron chi connectivity index (χ4n) is 1.31. The lowest BCUT2D eigenvalue weighted by Gasteiger charge is -2.21. The summed E-state index contributed by atoms with van der Waals surface area (Å²) >= 11 is 0. The Hall–Kier alpha value is -1.32. The number of nitrogens with one attached hydrogen (secondary N) is 1. The molecule has 0 spiro atoms. The van der Waals surface area contributed by atoms with Crippen LogP contribution in [0.15, 0.2) is 11.8 Å². The van der Waals surface area contributed by atoms with Gasteiger partial charge in [-0.2, -0.15) is 0 Å². The van der Waals surface area contributed by atoms with E-state index < -0.39 is 5.54 Å². The Morgan fingerprint density at radius 3 is 2.62 bits per heavy atom. The van der Waals surface area contributed by atoms with Crippen molar-refractivity contribution in [1.29, 1.82) is 0 Å². The monoisotopic (exact) mass is 183 g/mol. The van der Waals surface area contributed by atoms with Crippen LogP contribution in [0.5, 0.6) is 0 Å². The van der Waals surface area contributed by atoms with Crippen molar-refractivity contribution in [3.8, 4) is 0 Å². The van der Waals surface area contributed by atoms with Gasteiger partial charge in [0, 0.05) is 18.2 Å². The van der Waals surface area contributed by atoms with E-state index in [2.05, 4.69) is 10.1 Å². The molecule has 0 bridgehead atoms. The molecule has 1 heterocycles. The van der Waals surface area contributed by atoms with E-state index in [4.69, 9.17) is 0 Å². The first-order chi connectivity index (χ1) is 5.99. The van der Waals surface area contributed by atoms with E-state index in [0.717, 1.165) is 0 Å². The van der Waals surface area contributed by atoms with Crippen molar-refractivity contribution in [2.45, 2.75) is 25.8 Å². The highest BCUT2D eigenvalue weighted by Gasteiger charge is 2.38. The summed E-state index contributed by atoms with van der Waals surface area (Å²) in [6.07, 6.45) is 1.98. The van der Waals surface area contributed by atoms with Crippen LogP contribution in [0.2, 0.25) is 0 Å². The van der Waals surface area contributed by atoms with Gasteiger partial charge < -0.3 is 10.1 Å². The van der Waals surface area contributed by atoms with Gasteiger partial charge in [-0.15, -0.1) is 0 Å². The molecule has 0 saturated heterocycles. The van der Waals surface area contributed by atoms with E-state index >= 15 is 0 Å². The normalized spacial score (nSPS) is 26.2. The molecule has 0 aromatic carbocycles. The lowest BCUT2D eigenvalue weighted by Crippen LogP contribution is -2.44. The quantitative estimate of drug-likeness (QED) is 0.629. The van der Waals surface area contributed by atoms with Gasteiger partial charge in [-0.25, -0.2) is 4.79 Å². The number of hydrogen-bond acceptors (Lipinski definition) is 4. The van der Waals surface area contributed by atoms with Crippen molar-refractivity contribution in [2.24, 2.45) is 0 Å². The summed E-state index contributed by atoms with van der Waals surface area (Å²) in [5, 5.41) is 2.86. The minimum absolute atomic E-state index is 0.0138. The maximum atomic E-state index is 11.3. The van der Waals surface area contributed by atoms with Gasteiger partial charge in [-0.1, -0.05) is 0 Å². The zero-order chi connectivity index (χ0) is 10.1. The van der Waals surface area contributed by atoms with Crippen LogP contribution in [0.3, 0.4) is 0 Å². The first-order valence-electron chi connectivity index (χ1n) is 4.06. The van der Waals surface area contributed by atoms with Crippen molar-refractivity contribution >= 4 is 11.8 Å². The minimum atomic E-state index is -0.768. The third-order valence-corrected chi connectivity index (χ3v) is 2.20. The maximum absolute atomic E-state index is 11.3. The van der Waals surface area contributed by atoms with Crippen LogP contribution in [0.4, 0.5) is 0 Å². The number of esters is 1. The average molecular weight is 183 g/mol. The van der Waals surface area contributed by atoms with Crippen LogP contribution in [0.25, 0.3) is 0 Å². The summed E-state index contributed by atoms with van der Waals surface area (Å²) in [5.41, 5.74) is -0.136. The average Bonchev–Trinajstić information content (AvgIpc) is 2.48. The van der Waals surface area contributed by atoms with Gasteiger partial charge in [0.1, 0.15) is 5.54 Å². The molecule has 1 atom stereocenters. The summed E-state index contributed by atoms with van der Waals surface area (Å²) in [7, 11) is 1.33. The third kappa shape index (κ3) is 1.71. The van der Waals surface area contributed by atoms with Gasteiger partial charge in [0.15, 0.2) is 5.78 Å². The van der Waals surface area contributed by atoms with Crippen LogP contribution in [-0.2, 0) is 14.3 Å². The number of carbonyl (C=O) groups is 2. The molecule has 0 aromatic heterocycles. The van der Waals surface area contributed by atoms with Crippen molar-refractivity contribution in [2.75, 3.05) is 7.11 Å². The second-order valence-electron chi connectivity index (χ2n) is 3.37. The maximum Gasteiger partial charge on any atom is 0.331 e.